The highest BCUT2D eigenvalue weighted by Gasteiger charge is 2.48. The van der Waals surface area contributed by atoms with E-state index in [2.05, 4.69) is 31.8 Å². The topological polar surface area (TPSA) is 23.6 Å². The average Bonchev–Trinajstić information content (AvgIpc) is 2.65. The normalized spacial score (nSPS) is 21.2. The van der Waals surface area contributed by atoms with E-state index < -0.39 is 0 Å². The third kappa shape index (κ3) is 2.16. The molecule has 0 bridgehead atoms. The number of hydrogen-bond donors (Lipinski definition) is 0. The fourth-order valence-electron chi connectivity index (χ4n) is 3.12. The van der Waals surface area contributed by atoms with Gasteiger partial charge in [-0.1, -0.05) is 0 Å². The lowest BCUT2D eigenvalue weighted by atomic mass is 9.74. The van der Waals surface area contributed by atoms with Crippen LogP contribution in [0.4, 0.5) is 0 Å². The Morgan fingerprint density at radius 3 is 2.79 bits per heavy atom. The lowest BCUT2D eigenvalue weighted by Crippen LogP contribution is -2.61. The monoisotopic (exact) mass is 342 g/mol. The van der Waals surface area contributed by atoms with E-state index in [9.17, 15) is 4.79 Å². The Balaban J connectivity index is 1.79. The Kier molecular flexibility index (Phi) is 3.48. The van der Waals surface area contributed by atoms with Crippen molar-refractivity contribution in [2.24, 2.45) is 0 Å². The molecule has 1 aromatic heterocycles. The van der Waals surface area contributed by atoms with E-state index in [-0.39, 0.29) is 5.54 Å². The molecule has 3 rings (SSSR count). The molecule has 1 fully saturated rings. The Labute approximate surface area is 126 Å². The minimum absolute atomic E-state index is 0.216. The fourth-order valence-corrected chi connectivity index (χ4v) is 4.93. The number of fused-ring (bicyclic) bond motifs is 1. The molecular weight excluding hydrogens is 324 g/mol. The van der Waals surface area contributed by atoms with Crippen molar-refractivity contribution in [1.82, 2.24) is 9.80 Å². The minimum Gasteiger partial charge on any atom is -0.336 e. The van der Waals surface area contributed by atoms with Gasteiger partial charge in [-0.05, 0) is 67.3 Å². The van der Waals surface area contributed by atoms with Crippen LogP contribution < -0.4 is 0 Å². The van der Waals surface area contributed by atoms with E-state index in [1.807, 2.05) is 14.1 Å². The van der Waals surface area contributed by atoms with Gasteiger partial charge in [0.1, 0.15) is 5.54 Å². The van der Waals surface area contributed by atoms with Crippen LogP contribution in [0.25, 0.3) is 0 Å². The van der Waals surface area contributed by atoms with Crippen molar-refractivity contribution in [2.75, 3.05) is 20.6 Å². The van der Waals surface area contributed by atoms with E-state index in [0.29, 0.717) is 5.91 Å². The second-order valence-corrected chi connectivity index (χ2v) is 8.27. The molecule has 1 saturated carbocycles. The molecule has 3 nitrogen and oxygen atoms in total. The highest BCUT2D eigenvalue weighted by Crippen LogP contribution is 2.39. The molecule has 0 saturated heterocycles. The molecule has 0 spiro atoms. The molecule has 0 N–H and O–H groups in total. The van der Waals surface area contributed by atoms with Gasteiger partial charge in [-0.15, -0.1) is 11.3 Å². The van der Waals surface area contributed by atoms with Crippen molar-refractivity contribution in [1.29, 1.82) is 0 Å². The first-order valence-corrected chi connectivity index (χ1v) is 8.38. The summed E-state index contributed by atoms with van der Waals surface area (Å²) in [5.74, 6) is 0.332. The number of amides is 1. The van der Waals surface area contributed by atoms with Crippen LogP contribution in [0.2, 0.25) is 0 Å². The van der Waals surface area contributed by atoms with Crippen LogP contribution in [0.15, 0.2) is 9.85 Å². The van der Waals surface area contributed by atoms with E-state index in [1.54, 1.807) is 11.3 Å². The van der Waals surface area contributed by atoms with Crippen LogP contribution in [0.5, 0.6) is 0 Å². The summed E-state index contributed by atoms with van der Waals surface area (Å²) in [5.41, 5.74) is 1.19. The quantitative estimate of drug-likeness (QED) is 0.824. The van der Waals surface area contributed by atoms with E-state index in [4.69, 9.17) is 0 Å². The summed E-state index contributed by atoms with van der Waals surface area (Å²) in [5, 5.41) is 0. The molecule has 1 aliphatic heterocycles. The van der Waals surface area contributed by atoms with E-state index in [1.165, 1.54) is 20.6 Å². The predicted molar refractivity (Wildman–Crippen MR) is 81.4 cm³/mol. The number of thiophene rings is 1. The molecule has 1 aliphatic carbocycles. The first-order valence-electron chi connectivity index (χ1n) is 6.77. The third-order valence-corrected chi connectivity index (χ3v) is 6.24. The summed E-state index contributed by atoms with van der Waals surface area (Å²) in [7, 11) is 4.07. The fraction of sp³-hybridized carbons (Fsp3) is 0.643. The smallest absolute Gasteiger partial charge is 0.243 e. The van der Waals surface area contributed by atoms with Crippen molar-refractivity contribution < 1.29 is 4.79 Å². The maximum absolute atomic E-state index is 12.8. The minimum atomic E-state index is -0.216. The van der Waals surface area contributed by atoms with Gasteiger partial charge in [-0.2, -0.15) is 0 Å². The molecule has 2 heterocycles. The Hall–Kier alpha value is -0.390. The number of likely N-dealkylation sites (N-methyl/N-ethyl adjacent to an activating group) is 1. The zero-order valence-electron chi connectivity index (χ0n) is 11.4. The van der Waals surface area contributed by atoms with E-state index >= 15 is 0 Å². The van der Waals surface area contributed by atoms with Crippen LogP contribution in [0.3, 0.4) is 0 Å². The SMILES string of the molecule is CN(C)C1(C(=O)N2CCc3cc(Br)sc3C2)CCC1. The van der Waals surface area contributed by atoms with Gasteiger partial charge in [0.2, 0.25) is 5.91 Å². The standard InChI is InChI=1S/C14H19BrN2OS/c1-16(2)14(5-3-6-14)13(18)17-7-4-10-8-12(15)19-11(10)9-17/h8H,3-7,9H2,1-2H3. The van der Waals surface area contributed by atoms with Gasteiger partial charge in [0, 0.05) is 11.4 Å². The second kappa shape index (κ2) is 4.86. The van der Waals surface area contributed by atoms with Gasteiger partial charge < -0.3 is 4.90 Å². The van der Waals surface area contributed by atoms with Crippen molar-refractivity contribution in [3.63, 3.8) is 0 Å². The van der Waals surface area contributed by atoms with Gasteiger partial charge in [0.15, 0.2) is 0 Å². The lowest BCUT2D eigenvalue weighted by molar-refractivity contribution is -0.149. The van der Waals surface area contributed by atoms with Crippen molar-refractivity contribution in [3.05, 3.63) is 20.3 Å². The first kappa shape index (κ1) is 13.6. The summed E-state index contributed by atoms with van der Waals surface area (Å²) in [4.78, 5) is 18.4. The molecule has 104 valence electrons. The zero-order valence-corrected chi connectivity index (χ0v) is 13.8. The third-order valence-electron chi connectivity index (χ3n) is 4.57. The summed E-state index contributed by atoms with van der Waals surface area (Å²) in [6.07, 6.45) is 4.19. The van der Waals surface area contributed by atoms with Gasteiger partial charge in [-0.25, -0.2) is 0 Å². The van der Waals surface area contributed by atoms with E-state index in [0.717, 1.165) is 32.4 Å². The number of carbonyl (C=O) groups excluding carboxylic acids is 1. The molecular formula is C14H19BrN2OS. The molecule has 0 radical (unpaired) electrons. The Bertz CT molecular complexity index is 508. The van der Waals surface area contributed by atoms with Crippen LogP contribution in [0.1, 0.15) is 29.7 Å². The molecule has 0 aromatic carbocycles. The number of carbonyl (C=O) groups is 1. The number of nitrogens with zero attached hydrogens (tertiary/aromatic N) is 2. The first-order chi connectivity index (χ1) is 9.03. The summed E-state index contributed by atoms with van der Waals surface area (Å²) in [6, 6.07) is 2.20. The predicted octanol–water partition coefficient (Wildman–Crippen LogP) is 2.88. The van der Waals surface area contributed by atoms with Crippen molar-refractivity contribution in [3.8, 4) is 0 Å². The van der Waals surface area contributed by atoms with Crippen LogP contribution >= 0.6 is 27.3 Å². The summed E-state index contributed by atoms with van der Waals surface area (Å²) >= 11 is 5.31. The van der Waals surface area contributed by atoms with Crippen molar-refractivity contribution >= 4 is 33.2 Å². The largest absolute Gasteiger partial charge is 0.336 e. The van der Waals surface area contributed by atoms with Crippen LogP contribution in [0, 0.1) is 0 Å². The number of hydrogen-bond acceptors (Lipinski definition) is 3. The molecule has 0 atom stereocenters. The Morgan fingerprint density at radius 1 is 1.47 bits per heavy atom. The Morgan fingerprint density at radius 2 is 2.21 bits per heavy atom. The molecule has 1 amide bonds. The highest BCUT2D eigenvalue weighted by atomic mass is 79.9. The van der Waals surface area contributed by atoms with Crippen LogP contribution in [-0.2, 0) is 17.8 Å². The number of halogens is 1. The van der Waals surface area contributed by atoms with Crippen molar-refractivity contribution in [2.45, 2.75) is 37.8 Å². The lowest BCUT2D eigenvalue weighted by Gasteiger charge is -2.48. The van der Waals surface area contributed by atoms with Gasteiger partial charge >= 0.3 is 0 Å². The zero-order chi connectivity index (χ0) is 13.6. The second-order valence-electron chi connectivity index (χ2n) is 5.76. The molecule has 5 heteroatoms. The average molecular weight is 343 g/mol. The maximum atomic E-state index is 12.8. The van der Waals surface area contributed by atoms with Gasteiger partial charge in [0.05, 0.1) is 10.3 Å². The molecule has 19 heavy (non-hydrogen) atoms. The maximum Gasteiger partial charge on any atom is 0.243 e. The van der Waals surface area contributed by atoms with Gasteiger partial charge in [-0.3, -0.25) is 9.69 Å². The van der Waals surface area contributed by atoms with Crippen LogP contribution in [-0.4, -0.2) is 41.9 Å². The highest BCUT2D eigenvalue weighted by molar-refractivity contribution is 9.11. The summed E-state index contributed by atoms with van der Waals surface area (Å²) in [6.45, 7) is 1.66. The summed E-state index contributed by atoms with van der Waals surface area (Å²) < 4.78 is 1.18. The molecule has 1 aromatic rings. The number of rotatable bonds is 2. The van der Waals surface area contributed by atoms with Gasteiger partial charge in [0.25, 0.3) is 0 Å². The molecule has 2 aliphatic rings. The molecule has 0 unspecified atom stereocenters.